The van der Waals surface area contributed by atoms with E-state index in [-0.39, 0.29) is 5.75 Å². The topological polar surface area (TPSA) is 48.4 Å². The highest BCUT2D eigenvalue weighted by Crippen LogP contribution is 2.30. The average Bonchev–Trinajstić information content (AvgIpc) is 2.86. The highest BCUT2D eigenvalue weighted by molar-refractivity contribution is 5.39. The van der Waals surface area contributed by atoms with Gasteiger partial charge in [-0.1, -0.05) is 25.1 Å². The summed E-state index contributed by atoms with van der Waals surface area (Å²) in [5, 5.41) is 0. The highest BCUT2D eigenvalue weighted by atomic mass is 19.3. The van der Waals surface area contributed by atoms with Crippen molar-refractivity contribution in [2.45, 2.75) is 26.0 Å². The molecule has 0 spiro atoms. The summed E-state index contributed by atoms with van der Waals surface area (Å²) in [6.45, 7) is -0.918. The number of hydrogen-bond donors (Lipinski definition) is 1. The Kier molecular flexibility index (Phi) is 4.16. The predicted octanol–water partition coefficient (Wildman–Crippen LogP) is 3.49. The van der Waals surface area contributed by atoms with Gasteiger partial charge >= 0.3 is 6.61 Å². The summed E-state index contributed by atoms with van der Waals surface area (Å²) in [7, 11) is 0. The Balaban J connectivity index is 2.29. The maximum atomic E-state index is 12.3. The number of ether oxygens (including phenoxy) is 1. The van der Waals surface area contributed by atoms with Gasteiger partial charge in [-0.15, -0.1) is 0 Å². The van der Waals surface area contributed by atoms with E-state index in [9.17, 15) is 8.78 Å². The molecule has 1 aromatic heterocycles. The quantitative estimate of drug-likeness (QED) is 0.902. The molecule has 0 saturated carbocycles. The molecule has 1 heterocycles. The lowest BCUT2D eigenvalue weighted by atomic mass is 10.0. The van der Waals surface area contributed by atoms with E-state index in [1.807, 2.05) is 13.0 Å². The highest BCUT2D eigenvalue weighted by Gasteiger charge is 2.19. The minimum atomic E-state index is -2.88. The first-order valence-corrected chi connectivity index (χ1v) is 5.99. The zero-order valence-corrected chi connectivity index (χ0v) is 10.5. The van der Waals surface area contributed by atoms with Crippen LogP contribution in [0.5, 0.6) is 5.75 Å². The van der Waals surface area contributed by atoms with Crippen LogP contribution >= 0.6 is 0 Å². The van der Waals surface area contributed by atoms with Crippen LogP contribution in [-0.4, -0.2) is 6.61 Å². The molecule has 5 heteroatoms. The van der Waals surface area contributed by atoms with Crippen LogP contribution < -0.4 is 10.5 Å². The largest absolute Gasteiger partial charge is 0.464 e. The van der Waals surface area contributed by atoms with E-state index in [1.165, 1.54) is 6.07 Å². The van der Waals surface area contributed by atoms with Crippen LogP contribution in [0.3, 0.4) is 0 Å². The van der Waals surface area contributed by atoms with Gasteiger partial charge in [0.15, 0.2) is 0 Å². The Hall–Kier alpha value is -1.88. The third kappa shape index (κ3) is 3.12. The molecule has 0 fully saturated rings. The van der Waals surface area contributed by atoms with Crippen molar-refractivity contribution in [2.75, 3.05) is 0 Å². The fourth-order valence-electron chi connectivity index (χ4n) is 1.85. The van der Waals surface area contributed by atoms with Gasteiger partial charge in [0.05, 0.1) is 6.04 Å². The first-order chi connectivity index (χ1) is 9.11. The van der Waals surface area contributed by atoms with Crippen LogP contribution in [0.4, 0.5) is 8.78 Å². The summed E-state index contributed by atoms with van der Waals surface area (Å²) in [5.74, 6) is 1.40. The molecule has 0 aliphatic carbocycles. The lowest BCUT2D eigenvalue weighted by molar-refractivity contribution is -0.0505. The van der Waals surface area contributed by atoms with E-state index in [0.29, 0.717) is 11.3 Å². The van der Waals surface area contributed by atoms with E-state index < -0.39 is 12.7 Å². The number of furan rings is 1. The van der Waals surface area contributed by atoms with Gasteiger partial charge in [0.25, 0.3) is 0 Å². The van der Waals surface area contributed by atoms with Crippen LogP contribution in [0.25, 0.3) is 0 Å². The summed E-state index contributed by atoms with van der Waals surface area (Å²) in [5.41, 5.74) is 6.51. The molecule has 2 N–H and O–H groups in total. The van der Waals surface area contributed by atoms with Gasteiger partial charge in [-0.3, -0.25) is 0 Å². The van der Waals surface area contributed by atoms with Crippen LogP contribution in [-0.2, 0) is 6.42 Å². The number of nitrogens with two attached hydrogens (primary N) is 1. The van der Waals surface area contributed by atoms with Crippen molar-refractivity contribution in [3.63, 3.8) is 0 Å². The van der Waals surface area contributed by atoms with Crippen LogP contribution in [0.1, 0.15) is 30.0 Å². The summed E-state index contributed by atoms with van der Waals surface area (Å²) in [6.07, 6.45) is 0.752. The maximum absolute atomic E-state index is 12.3. The molecule has 0 saturated heterocycles. The second-order valence-electron chi connectivity index (χ2n) is 4.05. The van der Waals surface area contributed by atoms with Crippen molar-refractivity contribution in [2.24, 2.45) is 5.73 Å². The van der Waals surface area contributed by atoms with Gasteiger partial charge < -0.3 is 14.9 Å². The van der Waals surface area contributed by atoms with Gasteiger partial charge in [0.1, 0.15) is 17.3 Å². The first kappa shape index (κ1) is 13.5. The Morgan fingerprint density at radius 1 is 1.21 bits per heavy atom. The van der Waals surface area contributed by atoms with Crippen molar-refractivity contribution in [1.82, 2.24) is 0 Å². The number of hydrogen-bond acceptors (Lipinski definition) is 3. The number of aryl methyl sites for hydroxylation is 1. The number of alkyl halides is 2. The van der Waals surface area contributed by atoms with Crippen molar-refractivity contribution in [3.05, 3.63) is 53.5 Å². The van der Waals surface area contributed by atoms with Crippen molar-refractivity contribution >= 4 is 0 Å². The van der Waals surface area contributed by atoms with Crippen LogP contribution in [0, 0.1) is 0 Å². The van der Waals surface area contributed by atoms with Crippen LogP contribution in [0.15, 0.2) is 40.8 Å². The Morgan fingerprint density at radius 2 is 1.95 bits per heavy atom. The molecule has 3 nitrogen and oxygen atoms in total. The molecule has 102 valence electrons. The SMILES string of the molecule is CCc1ccc(C(N)c2ccccc2OC(F)F)o1. The van der Waals surface area contributed by atoms with Gasteiger partial charge in [-0.25, -0.2) is 0 Å². The summed E-state index contributed by atoms with van der Waals surface area (Å²) < 4.78 is 34.7. The standard InChI is InChI=1S/C14H15F2NO2/c1-2-9-7-8-12(18-9)13(17)10-5-3-4-6-11(10)19-14(15)16/h3-8,13-14H,2,17H2,1H3. The van der Waals surface area contributed by atoms with E-state index in [2.05, 4.69) is 4.74 Å². The molecule has 0 aliphatic rings. The second kappa shape index (κ2) is 5.84. The molecule has 0 bridgehead atoms. The molecule has 1 unspecified atom stereocenters. The number of halogens is 2. The zero-order chi connectivity index (χ0) is 13.8. The molecule has 2 rings (SSSR count). The fraction of sp³-hybridized carbons (Fsp3) is 0.286. The number of benzene rings is 1. The Labute approximate surface area is 110 Å². The van der Waals surface area contributed by atoms with E-state index >= 15 is 0 Å². The minimum absolute atomic E-state index is 0.0689. The smallest absolute Gasteiger partial charge is 0.387 e. The third-order valence-corrected chi connectivity index (χ3v) is 2.81. The third-order valence-electron chi connectivity index (χ3n) is 2.81. The fourth-order valence-corrected chi connectivity index (χ4v) is 1.85. The van der Waals surface area contributed by atoms with Crippen molar-refractivity contribution in [3.8, 4) is 5.75 Å². The predicted molar refractivity (Wildman–Crippen MR) is 67.2 cm³/mol. The maximum Gasteiger partial charge on any atom is 0.387 e. The molecule has 1 aromatic carbocycles. The zero-order valence-electron chi connectivity index (χ0n) is 10.5. The molecular weight excluding hydrogens is 252 g/mol. The van der Waals surface area contributed by atoms with Gasteiger partial charge in [-0.05, 0) is 18.2 Å². The molecule has 1 atom stereocenters. The van der Waals surface area contributed by atoms with E-state index in [0.717, 1.165) is 12.2 Å². The average molecular weight is 267 g/mol. The molecule has 19 heavy (non-hydrogen) atoms. The summed E-state index contributed by atoms with van der Waals surface area (Å²) in [6, 6.07) is 9.40. The van der Waals surface area contributed by atoms with Gasteiger partial charge in [-0.2, -0.15) is 8.78 Å². The monoisotopic (exact) mass is 267 g/mol. The van der Waals surface area contributed by atoms with E-state index in [1.54, 1.807) is 24.3 Å². The van der Waals surface area contributed by atoms with E-state index in [4.69, 9.17) is 10.2 Å². The first-order valence-electron chi connectivity index (χ1n) is 5.99. The Morgan fingerprint density at radius 3 is 2.58 bits per heavy atom. The lowest BCUT2D eigenvalue weighted by Crippen LogP contribution is -2.14. The summed E-state index contributed by atoms with van der Waals surface area (Å²) in [4.78, 5) is 0. The Bertz CT molecular complexity index is 540. The van der Waals surface area contributed by atoms with Crippen molar-refractivity contribution < 1.29 is 17.9 Å². The van der Waals surface area contributed by atoms with Crippen LogP contribution in [0.2, 0.25) is 0 Å². The van der Waals surface area contributed by atoms with Gasteiger partial charge in [0.2, 0.25) is 0 Å². The number of para-hydroxylation sites is 1. The molecule has 0 radical (unpaired) electrons. The molecule has 2 aromatic rings. The second-order valence-corrected chi connectivity index (χ2v) is 4.05. The number of rotatable bonds is 5. The normalized spacial score (nSPS) is 12.7. The summed E-state index contributed by atoms with van der Waals surface area (Å²) >= 11 is 0. The molecular formula is C14H15F2NO2. The lowest BCUT2D eigenvalue weighted by Gasteiger charge is -2.14. The molecule has 0 aliphatic heterocycles. The minimum Gasteiger partial charge on any atom is -0.464 e. The van der Waals surface area contributed by atoms with Gasteiger partial charge in [0, 0.05) is 12.0 Å². The van der Waals surface area contributed by atoms with Crippen molar-refractivity contribution in [1.29, 1.82) is 0 Å². The molecule has 0 amide bonds.